The van der Waals surface area contributed by atoms with E-state index < -0.39 is 64.4 Å². The normalized spacial score (nSPS) is 20.3. The number of nitrogens with one attached hydrogen (secondary N) is 2. The van der Waals surface area contributed by atoms with Crippen molar-refractivity contribution in [2.45, 2.75) is 88.1 Å². The van der Waals surface area contributed by atoms with Crippen LogP contribution in [-0.4, -0.2) is 95.7 Å². The van der Waals surface area contributed by atoms with Gasteiger partial charge in [0.15, 0.2) is 17.4 Å². The maximum Gasteiger partial charge on any atom is 0.490 e. The molecule has 14 nitrogen and oxygen atoms in total. The topological polar surface area (TPSA) is 181 Å². The van der Waals surface area contributed by atoms with Gasteiger partial charge in [0.05, 0.1) is 28.2 Å². The number of imide groups is 1. The van der Waals surface area contributed by atoms with E-state index in [0.717, 1.165) is 60.7 Å². The lowest BCUT2D eigenvalue weighted by Crippen LogP contribution is -2.44. The van der Waals surface area contributed by atoms with Crippen LogP contribution in [0.4, 0.5) is 30.7 Å². The highest BCUT2D eigenvalue weighted by Crippen LogP contribution is 2.35. The molecule has 0 spiro atoms. The number of carboxylic acids is 1. The number of aliphatic carboxylic acids is 1. The number of fused-ring (bicyclic) bond motifs is 2. The SMILES string of the molecule is Cn1c(=O)n([C@@H]2CCC(=O)NC2=O)c2ccc(CCN3CCC(F)(Cc4ccc5cn(C6CCC(CNC(=O)c7cc(F)c(O)c(F)c7F)CC6)nc5c4)CC3)cc21.O=C(O)C(F)(F)F. The van der Waals surface area contributed by atoms with Gasteiger partial charge in [0, 0.05) is 57.7 Å². The highest BCUT2D eigenvalue weighted by molar-refractivity contribution is 6.00. The zero-order chi connectivity index (χ0) is 47.0. The molecule has 0 radical (unpaired) electrons. The number of benzene rings is 3. The molecule has 0 bridgehead atoms. The van der Waals surface area contributed by atoms with Gasteiger partial charge in [-0.25, -0.2) is 22.8 Å². The molecule has 1 saturated carbocycles. The second-order valence-electron chi connectivity index (χ2n) is 17.0. The molecule has 1 atom stereocenters. The number of carboxylic acid groups (broad SMARTS) is 1. The van der Waals surface area contributed by atoms with Crippen molar-refractivity contribution in [1.29, 1.82) is 0 Å². The van der Waals surface area contributed by atoms with Gasteiger partial charge in [0.2, 0.25) is 17.6 Å². The van der Waals surface area contributed by atoms with E-state index >= 15 is 4.39 Å². The number of phenolic OH excluding ortho intramolecular Hbond substituents is 1. The van der Waals surface area contributed by atoms with Gasteiger partial charge in [0.25, 0.3) is 5.91 Å². The predicted molar refractivity (Wildman–Crippen MR) is 220 cm³/mol. The summed E-state index contributed by atoms with van der Waals surface area (Å²) in [6.45, 7) is 2.20. The van der Waals surface area contributed by atoms with Crippen LogP contribution in [0.1, 0.15) is 84.9 Å². The van der Waals surface area contributed by atoms with Crippen molar-refractivity contribution in [2.75, 3.05) is 26.2 Å². The summed E-state index contributed by atoms with van der Waals surface area (Å²) in [4.78, 5) is 60.9. The minimum Gasteiger partial charge on any atom is -0.503 e. The average molecular weight is 918 g/mol. The van der Waals surface area contributed by atoms with Crippen LogP contribution in [0.5, 0.6) is 5.75 Å². The number of hydrogen-bond donors (Lipinski definition) is 4. The predicted octanol–water partition coefficient (Wildman–Crippen LogP) is 6.17. The Morgan fingerprint density at radius 3 is 2.26 bits per heavy atom. The van der Waals surface area contributed by atoms with E-state index in [1.807, 2.05) is 47.3 Å². The molecule has 348 valence electrons. The summed E-state index contributed by atoms with van der Waals surface area (Å²) in [5.41, 5.74) is 1.64. The maximum atomic E-state index is 16.2. The molecule has 0 unspecified atom stereocenters. The van der Waals surface area contributed by atoms with Crippen LogP contribution in [0.3, 0.4) is 0 Å². The van der Waals surface area contributed by atoms with Gasteiger partial charge in [-0.05, 0) is 92.7 Å². The van der Waals surface area contributed by atoms with Gasteiger partial charge >= 0.3 is 17.8 Å². The smallest absolute Gasteiger partial charge is 0.490 e. The Hall–Kier alpha value is -6.25. The number of rotatable bonds is 10. The standard InChI is InChI=1S/C42H45F4N7O5.C2HF3O2/c1-50-34-19-24(5-9-32(34)53(41(50)58)33-10-11-35(54)48-40(33)57)12-15-51-16-13-42(46,14-17-51)21-26-2-6-27-23-52(49-31(27)18-26)28-7-3-25(4-8-28)22-47-39(56)29-20-30(43)38(55)37(45)36(29)44;3-2(4,5)1(6)7/h2,5-6,9,18-20,23,25,28,33,55H,3-4,7-8,10-17,21-22H2,1H3,(H,47,56)(H,48,54,57);(H,6,7)/t25?,28?,33-;/m1./s1. The van der Waals surface area contributed by atoms with Crippen LogP contribution in [0.15, 0.2) is 53.5 Å². The van der Waals surface area contributed by atoms with Crippen molar-refractivity contribution >= 4 is 45.6 Å². The number of carbonyl (C=O) groups is 4. The maximum absolute atomic E-state index is 16.2. The number of aryl methyl sites for hydroxylation is 1. The Morgan fingerprint density at radius 1 is 0.923 bits per heavy atom. The van der Waals surface area contributed by atoms with Gasteiger partial charge in [-0.15, -0.1) is 0 Å². The van der Waals surface area contributed by atoms with E-state index in [9.17, 15) is 50.6 Å². The summed E-state index contributed by atoms with van der Waals surface area (Å²) in [6, 6.07) is 11.6. The van der Waals surface area contributed by atoms with Crippen molar-refractivity contribution in [2.24, 2.45) is 13.0 Å². The Balaban J connectivity index is 0.000000833. The third-order valence-electron chi connectivity index (χ3n) is 12.6. The molecule has 8 rings (SSSR count). The van der Waals surface area contributed by atoms with Crippen LogP contribution < -0.4 is 16.3 Å². The number of alkyl halides is 4. The Bertz CT molecular complexity index is 2700. The summed E-state index contributed by atoms with van der Waals surface area (Å²) < 4.78 is 94.5. The number of carbonyl (C=O) groups excluding carboxylic acids is 3. The third-order valence-corrected chi connectivity index (χ3v) is 12.6. The zero-order valence-electron chi connectivity index (χ0n) is 35.1. The molecule has 3 aliphatic rings. The van der Waals surface area contributed by atoms with Crippen LogP contribution in [-0.2, 0) is 34.3 Å². The van der Waals surface area contributed by atoms with E-state index in [1.54, 1.807) is 7.05 Å². The molecule has 5 aromatic rings. The summed E-state index contributed by atoms with van der Waals surface area (Å²) in [5, 5.41) is 27.1. The fourth-order valence-electron chi connectivity index (χ4n) is 8.88. The van der Waals surface area contributed by atoms with Crippen molar-refractivity contribution in [3.63, 3.8) is 0 Å². The quantitative estimate of drug-likeness (QED) is 0.0724. The first-order chi connectivity index (χ1) is 30.7. The van der Waals surface area contributed by atoms with E-state index in [4.69, 9.17) is 15.0 Å². The molecule has 1 aliphatic carbocycles. The lowest BCUT2D eigenvalue weighted by molar-refractivity contribution is -0.192. The van der Waals surface area contributed by atoms with E-state index in [-0.39, 0.29) is 42.9 Å². The largest absolute Gasteiger partial charge is 0.503 e. The van der Waals surface area contributed by atoms with Crippen LogP contribution in [0.2, 0.25) is 0 Å². The second-order valence-corrected chi connectivity index (χ2v) is 17.0. The van der Waals surface area contributed by atoms with Crippen LogP contribution in [0.25, 0.3) is 21.9 Å². The molecule has 21 heteroatoms. The van der Waals surface area contributed by atoms with Crippen molar-refractivity contribution in [3.8, 4) is 5.75 Å². The number of phenols is 1. The van der Waals surface area contributed by atoms with Crippen molar-refractivity contribution in [3.05, 3.63) is 93.3 Å². The van der Waals surface area contributed by atoms with Gasteiger partial charge in [-0.1, -0.05) is 18.2 Å². The van der Waals surface area contributed by atoms with E-state index in [2.05, 4.69) is 15.5 Å². The molecule has 3 amide bonds. The van der Waals surface area contributed by atoms with Crippen LogP contribution in [0, 0.1) is 23.4 Å². The summed E-state index contributed by atoms with van der Waals surface area (Å²) >= 11 is 0. The molecule has 3 aromatic carbocycles. The molecule has 2 saturated heterocycles. The molecule has 2 aromatic heterocycles. The highest BCUT2D eigenvalue weighted by atomic mass is 19.4. The highest BCUT2D eigenvalue weighted by Gasteiger charge is 2.38. The molecule has 4 N–H and O–H groups in total. The molecule has 3 fully saturated rings. The molecular formula is C44H46F7N7O7. The number of amides is 3. The van der Waals surface area contributed by atoms with E-state index in [1.165, 1.54) is 9.13 Å². The third kappa shape index (κ3) is 10.3. The fourth-order valence-corrected chi connectivity index (χ4v) is 8.88. The number of piperidine rings is 2. The first-order valence-corrected chi connectivity index (χ1v) is 21.1. The number of halogens is 7. The molecule has 4 heterocycles. The molecule has 65 heavy (non-hydrogen) atoms. The second kappa shape index (κ2) is 18.7. The summed E-state index contributed by atoms with van der Waals surface area (Å²) in [7, 11) is 1.68. The Morgan fingerprint density at radius 2 is 1.60 bits per heavy atom. The lowest BCUT2D eigenvalue weighted by atomic mass is 9.86. The first kappa shape index (κ1) is 46.7. The van der Waals surface area contributed by atoms with Crippen LogP contribution >= 0.6 is 0 Å². The number of hydrogen-bond acceptors (Lipinski definition) is 8. The summed E-state index contributed by atoms with van der Waals surface area (Å²) in [6.07, 6.45) is 2.28. The number of imidazole rings is 1. The first-order valence-electron chi connectivity index (χ1n) is 21.1. The lowest BCUT2D eigenvalue weighted by Gasteiger charge is -2.36. The number of aromatic nitrogens is 4. The monoisotopic (exact) mass is 917 g/mol. The average Bonchev–Trinajstić information content (AvgIpc) is 3.80. The molecular weight excluding hydrogens is 872 g/mol. The molecule has 2 aliphatic heterocycles. The zero-order valence-corrected chi connectivity index (χ0v) is 35.1. The van der Waals surface area contributed by atoms with Gasteiger partial charge in [0.1, 0.15) is 11.7 Å². The van der Waals surface area contributed by atoms with Crippen molar-refractivity contribution in [1.82, 2.24) is 34.4 Å². The number of aromatic hydroxyl groups is 1. The minimum absolute atomic E-state index is 0.0896. The number of likely N-dealkylation sites (tertiary alicyclic amines) is 1. The van der Waals surface area contributed by atoms with Gasteiger partial charge in [-0.2, -0.15) is 22.7 Å². The number of nitrogens with zero attached hydrogens (tertiary/aromatic N) is 5. The summed E-state index contributed by atoms with van der Waals surface area (Å²) in [5.74, 6) is -10.7. The van der Waals surface area contributed by atoms with Gasteiger partial charge < -0.3 is 20.4 Å². The van der Waals surface area contributed by atoms with E-state index in [0.29, 0.717) is 49.5 Å². The van der Waals surface area contributed by atoms with Gasteiger partial charge in [-0.3, -0.25) is 33.5 Å². The Kier molecular flexibility index (Phi) is 13.4. The minimum atomic E-state index is -5.08. The fraction of sp³-hybridized carbons (Fsp3) is 0.455. The Labute approximate surface area is 366 Å². The van der Waals surface area contributed by atoms with Crippen molar-refractivity contribution < 1.29 is 60.1 Å².